The molecule has 0 radical (unpaired) electrons. The minimum absolute atomic E-state index is 0. The lowest BCUT2D eigenvalue weighted by Gasteiger charge is -2.53. The van der Waals surface area contributed by atoms with E-state index in [-0.39, 0.29) is 30.1 Å². The van der Waals surface area contributed by atoms with Gasteiger partial charge in [-0.3, -0.25) is 0 Å². The molecule has 5 aliphatic rings. The summed E-state index contributed by atoms with van der Waals surface area (Å²) in [6, 6.07) is 0. The van der Waals surface area contributed by atoms with Crippen LogP contribution in [0.25, 0.3) is 0 Å². The van der Waals surface area contributed by atoms with Gasteiger partial charge in [0.15, 0.2) is 5.54 Å². The van der Waals surface area contributed by atoms with E-state index in [1.165, 1.54) is 38.5 Å². The summed E-state index contributed by atoms with van der Waals surface area (Å²) in [5.74, 6) is 4.61. The first kappa shape index (κ1) is 15.7. The molecule has 0 spiro atoms. The fourth-order valence-electron chi connectivity index (χ4n) is 5.30. The van der Waals surface area contributed by atoms with E-state index in [1.54, 1.807) is 0 Å². The summed E-state index contributed by atoms with van der Waals surface area (Å²) in [6.07, 6.45) is 8.91. The fraction of sp³-hybridized carbons (Fsp3) is 0.933. The molecule has 4 saturated carbocycles. The maximum Gasteiger partial charge on any atom is 0.401 e. The zero-order chi connectivity index (χ0) is 13.0. The highest BCUT2D eigenvalue weighted by atomic mass is 127. The van der Waals surface area contributed by atoms with Gasteiger partial charge in [0.1, 0.15) is 13.2 Å². The molecule has 5 fully saturated rings. The van der Waals surface area contributed by atoms with Gasteiger partial charge in [0.2, 0.25) is 0 Å². The van der Waals surface area contributed by atoms with Crippen LogP contribution in [0, 0.1) is 17.8 Å². The monoisotopic (exact) mass is 427 g/mol. The zero-order valence-electron chi connectivity index (χ0n) is 12.0. The average Bonchev–Trinajstić information content (AvgIpc) is 2.84. The predicted octanol–water partition coefficient (Wildman–Crippen LogP) is 0.328. The third-order valence-corrected chi connectivity index (χ3v) is 7.32. The van der Waals surface area contributed by atoms with Crippen molar-refractivity contribution in [3.05, 3.63) is 0 Å². The first-order valence-corrected chi connectivity index (χ1v) is 9.17. The molecule has 1 atom stereocenters. The molecular weight excluding hydrogens is 405 g/mol. The minimum atomic E-state index is 0. The van der Waals surface area contributed by atoms with Crippen LogP contribution in [0.4, 0.5) is 0 Å². The fourth-order valence-corrected chi connectivity index (χ4v) is 6.70. The molecule has 0 aromatic carbocycles. The second-order valence-corrected chi connectivity index (χ2v) is 8.45. The molecule has 5 rings (SSSR count). The van der Waals surface area contributed by atoms with Gasteiger partial charge in [-0.2, -0.15) is 4.58 Å². The first-order valence-electron chi connectivity index (χ1n) is 7.65. The molecule has 0 aromatic heterocycles. The summed E-state index contributed by atoms with van der Waals surface area (Å²) in [5.41, 5.74) is 0.415. The molecular formula is C15H23ClINOS. The molecule has 0 amide bonds. The van der Waals surface area contributed by atoms with Gasteiger partial charge < -0.3 is 28.7 Å². The largest absolute Gasteiger partial charge is 1.00 e. The highest BCUT2D eigenvalue weighted by Gasteiger charge is 2.57. The van der Waals surface area contributed by atoms with Gasteiger partial charge in [-0.05, 0) is 48.8 Å². The lowest BCUT2D eigenvalue weighted by molar-refractivity contribution is -0.605. The van der Waals surface area contributed by atoms with Crippen molar-refractivity contribution in [1.82, 2.24) is 0 Å². The van der Waals surface area contributed by atoms with E-state index in [9.17, 15) is 0 Å². The van der Waals surface area contributed by atoms with Crippen molar-refractivity contribution >= 4 is 28.6 Å². The van der Waals surface area contributed by atoms with Crippen molar-refractivity contribution in [1.29, 1.82) is 0 Å². The van der Waals surface area contributed by atoms with E-state index in [0.717, 1.165) is 28.7 Å². The van der Waals surface area contributed by atoms with Gasteiger partial charge in [0.05, 0.1) is 5.88 Å². The SMILES string of the molecule is C[N+](=C1OC(CCl)CS1)C12CC3CC(CC(C3)C1)C2.[I-]. The van der Waals surface area contributed by atoms with E-state index in [2.05, 4.69) is 11.6 Å². The Bertz CT molecular complexity index is 393. The number of ether oxygens (including phenoxy) is 1. The van der Waals surface area contributed by atoms with Crippen LogP contribution >= 0.6 is 23.4 Å². The highest BCUT2D eigenvalue weighted by molar-refractivity contribution is 8.13. The van der Waals surface area contributed by atoms with Gasteiger partial charge in [0, 0.05) is 25.0 Å². The highest BCUT2D eigenvalue weighted by Crippen LogP contribution is 2.57. The van der Waals surface area contributed by atoms with Crippen LogP contribution in [0.2, 0.25) is 0 Å². The molecule has 1 saturated heterocycles. The van der Waals surface area contributed by atoms with Crippen molar-refractivity contribution in [2.24, 2.45) is 17.8 Å². The molecule has 0 aromatic rings. The molecule has 1 aliphatic heterocycles. The maximum atomic E-state index is 6.04. The Morgan fingerprint density at radius 3 is 2.20 bits per heavy atom. The van der Waals surface area contributed by atoms with Crippen molar-refractivity contribution in [3.63, 3.8) is 0 Å². The molecule has 4 aliphatic carbocycles. The van der Waals surface area contributed by atoms with Crippen LogP contribution in [0.5, 0.6) is 0 Å². The van der Waals surface area contributed by atoms with Crippen LogP contribution < -0.4 is 24.0 Å². The Kier molecular flexibility index (Phi) is 4.56. The summed E-state index contributed by atoms with van der Waals surface area (Å²) in [5, 5.41) is 1.15. The molecule has 2 nitrogen and oxygen atoms in total. The van der Waals surface area contributed by atoms with E-state index >= 15 is 0 Å². The molecule has 114 valence electrons. The Hall–Kier alpha value is 0.840. The number of thioether (sulfide) groups is 1. The first-order chi connectivity index (χ1) is 9.18. The number of rotatable bonds is 2. The Balaban J connectivity index is 0.00000121. The van der Waals surface area contributed by atoms with Gasteiger partial charge in [0.25, 0.3) is 0 Å². The van der Waals surface area contributed by atoms with Gasteiger partial charge in [-0.1, -0.05) is 0 Å². The van der Waals surface area contributed by atoms with Crippen LogP contribution in [-0.2, 0) is 4.74 Å². The smallest absolute Gasteiger partial charge is 0.401 e. The predicted molar refractivity (Wildman–Crippen MR) is 80.1 cm³/mol. The third-order valence-electron chi connectivity index (χ3n) is 5.82. The van der Waals surface area contributed by atoms with Gasteiger partial charge in [-0.25, -0.2) is 0 Å². The van der Waals surface area contributed by atoms with Crippen LogP contribution in [-0.4, -0.2) is 40.1 Å². The lowest BCUT2D eigenvalue weighted by Crippen LogP contribution is -3.00. The third kappa shape index (κ3) is 2.51. The minimum Gasteiger partial charge on any atom is -1.00 e. The summed E-state index contributed by atoms with van der Waals surface area (Å²) in [6.45, 7) is 0. The number of hydrogen-bond acceptors (Lipinski definition) is 2. The maximum absolute atomic E-state index is 6.04. The summed E-state index contributed by atoms with van der Waals surface area (Å²) < 4.78 is 8.54. The van der Waals surface area contributed by atoms with Crippen LogP contribution in [0.15, 0.2) is 0 Å². The van der Waals surface area contributed by atoms with Crippen molar-refractivity contribution < 1.29 is 33.3 Å². The number of halogens is 2. The van der Waals surface area contributed by atoms with Crippen LogP contribution in [0.1, 0.15) is 38.5 Å². The zero-order valence-corrected chi connectivity index (χ0v) is 15.7. The summed E-state index contributed by atoms with van der Waals surface area (Å²) in [4.78, 5) is 0. The van der Waals surface area contributed by atoms with Crippen molar-refractivity contribution in [2.45, 2.75) is 50.2 Å². The van der Waals surface area contributed by atoms with Crippen LogP contribution in [0.3, 0.4) is 0 Å². The van der Waals surface area contributed by atoms with Crippen molar-refractivity contribution in [2.75, 3.05) is 18.7 Å². The standard InChI is InChI=1S/C15H23ClNOS.HI/c1-17(14-18-13(8-16)9-19-14)15-5-10-2-11(6-15)4-12(3-10)7-15;/h10-13H,2-9H2,1H3;1H/q+1;/p-1. The number of nitrogens with zero attached hydrogens (tertiary/aromatic N) is 1. The van der Waals surface area contributed by atoms with E-state index in [0.29, 0.717) is 11.4 Å². The molecule has 0 N–H and O–H groups in total. The Labute approximate surface area is 148 Å². The Morgan fingerprint density at radius 1 is 1.20 bits per heavy atom. The number of hydrogen-bond donors (Lipinski definition) is 0. The van der Waals surface area contributed by atoms with E-state index in [1.807, 2.05) is 11.8 Å². The molecule has 5 heteroatoms. The Morgan fingerprint density at radius 2 is 1.75 bits per heavy atom. The molecule has 1 unspecified atom stereocenters. The van der Waals surface area contributed by atoms with Gasteiger partial charge >= 0.3 is 5.23 Å². The summed E-state index contributed by atoms with van der Waals surface area (Å²) in [7, 11) is 2.27. The normalized spacial score (nSPS) is 47.9. The van der Waals surface area contributed by atoms with Crippen molar-refractivity contribution in [3.8, 4) is 0 Å². The average molecular weight is 428 g/mol. The van der Waals surface area contributed by atoms with Gasteiger partial charge in [-0.15, -0.1) is 11.6 Å². The quantitative estimate of drug-likeness (QED) is 0.358. The number of alkyl halides is 1. The molecule has 4 bridgehead atoms. The molecule has 20 heavy (non-hydrogen) atoms. The topological polar surface area (TPSA) is 12.2 Å². The molecule has 1 heterocycles. The lowest BCUT2D eigenvalue weighted by atomic mass is 9.53. The summed E-state index contributed by atoms with van der Waals surface area (Å²) >= 11 is 7.79. The van der Waals surface area contributed by atoms with E-state index in [4.69, 9.17) is 16.3 Å². The van der Waals surface area contributed by atoms with E-state index < -0.39 is 0 Å². The second-order valence-electron chi connectivity index (χ2n) is 7.17. The second kappa shape index (κ2) is 5.80.